The summed E-state index contributed by atoms with van der Waals surface area (Å²) in [5.41, 5.74) is 3.35. The number of anilines is 3. The molecule has 2 unspecified atom stereocenters. The molecule has 0 aromatic carbocycles. The molecule has 0 bridgehead atoms. The van der Waals surface area contributed by atoms with Crippen LogP contribution in [0.15, 0.2) is 0 Å². The monoisotopic (exact) mass is 661 g/mol. The number of aromatic nitrogens is 3. The van der Waals surface area contributed by atoms with Crippen LogP contribution in [0.3, 0.4) is 0 Å². The van der Waals surface area contributed by atoms with Gasteiger partial charge >= 0.3 is 17.6 Å². The lowest BCUT2D eigenvalue weighted by molar-refractivity contribution is -0.151. The van der Waals surface area contributed by atoms with Gasteiger partial charge in [-0.15, -0.1) is 0 Å². The van der Waals surface area contributed by atoms with Crippen molar-refractivity contribution in [1.82, 2.24) is 15.0 Å². The Hall–Kier alpha value is -4.38. The standard InChI is InChI=1S/C23H39N7O12Si2/c1-9-19(43(37-13(3)31,38-14(4)32)39-15(5)33)26-22-28-21(25-12-11-24)29-23(30-22)27-20(10-2)44(40-16(6)34,41-17(7)35)42-18(8)36/h19-20H,9-12,24H2,1-8H3,(H3,25,26,27,28,29,30). The maximum atomic E-state index is 12.0. The Kier molecular flexibility index (Phi) is 14.6. The molecule has 2 atom stereocenters. The molecule has 1 rings (SSSR count). The summed E-state index contributed by atoms with van der Waals surface area (Å²) in [6, 6.07) is 0. The van der Waals surface area contributed by atoms with E-state index in [9.17, 15) is 28.8 Å². The molecule has 21 heteroatoms. The quantitative estimate of drug-likeness (QED) is 0.160. The first-order valence-corrected chi connectivity index (χ1v) is 17.0. The van der Waals surface area contributed by atoms with Crippen LogP contribution in [0.5, 0.6) is 0 Å². The van der Waals surface area contributed by atoms with E-state index in [0.29, 0.717) is 0 Å². The van der Waals surface area contributed by atoms with Crippen molar-refractivity contribution in [1.29, 1.82) is 0 Å². The number of carbonyl (C=O) groups excluding carboxylic acids is 6. The molecular weight excluding hydrogens is 622 g/mol. The maximum Gasteiger partial charge on any atom is 0.728 e. The van der Waals surface area contributed by atoms with Gasteiger partial charge in [0.2, 0.25) is 17.8 Å². The highest BCUT2D eigenvalue weighted by molar-refractivity contribution is 6.68. The van der Waals surface area contributed by atoms with E-state index in [4.69, 9.17) is 32.3 Å². The van der Waals surface area contributed by atoms with Crippen molar-refractivity contribution in [2.24, 2.45) is 5.73 Å². The van der Waals surface area contributed by atoms with Crippen molar-refractivity contribution in [2.75, 3.05) is 29.0 Å². The lowest BCUT2D eigenvalue weighted by Gasteiger charge is -2.33. The zero-order valence-electron chi connectivity index (χ0n) is 25.8. The minimum Gasteiger partial charge on any atom is -0.454 e. The Morgan fingerprint density at radius 1 is 0.591 bits per heavy atom. The van der Waals surface area contributed by atoms with E-state index in [1.165, 1.54) is 0 Å². The maximum absolute atomic E-state index is 12.0. The van der Waals surface area contributed by atoms with Gasteiger partial charge in [0, 0.05) is 54.6 Å². The van der Waals surface area contributed by atoms with Crippen molar-refractivity contribution in [3.63, 3.8) is 0 Å². The molecule has 5 N–H and O–H groups in total. The minimum absolute atomic E-state index is 0.0281. The molecule has 0 aliphatic heterocycles. The van der Waals surface area contributed by atoms with Gasteiger partial charge in [-0.3, -0.25) is 28.8 Å². The lowest BCUT2D eigenvalue weighted by atomic mass is 10.5. The van der Waals surface area contributed by atoms with E-state index in [2.05, 4.69) is 30.9 Å². The second-order valence-corrected chi connectivity index (χ2v) is 14.0. The van der Waals surface area contributed by atoms with Crippen LogP contribution in [0.2, 0.25) is 0 Å². The number of nitrogens with zero attached hydrogens (tertiary/aromatic N) is 3. The summed E-state index contributed by atoms with van der Waals surface area (Å²) in [6.45, 7) is 9.99. The van der Waals surface area contributed by atoms with Gasteiger partial charge in [0.05, 0.1) is 0 Å². The zero-order chi connectivity index (χ0) is 33.7. The number of hydrogen-bond donors (Lipinski definition) is 4. The number of hydrogen-bond acceptors (Lipinski definition) is 19. The molecular formula is C23H39N7O12Si2. The average molecular weight is 662 g/mol. The molecule has 0 radical (unpaired) electrons. The lowest BCUT2D eigenvalue weighted by Crippen LogP contribution is -2.62. The Bertz CT molecular complexity index is 1060. The van der Waals surface area contributed by atoms with Crippen LogP contribution in [0.25, 0.3) is 0 Å². The third-order valence-electron chi connectivity index (χ3n) is 5.06. The summed E-state index contributed by atoms with van der Waals surface area (Å²) >= 11 is 0. The van der Waals surface area contributed by atoms with Crippen molar-refractivity contribution in [3.05, 3.63) is 0 Å². The fourth-order valence-corrected chi connectivity index (χ4v) is 8.83. The van der Waals surface area contributed by atoms with Crippen LogP contribution in [0.4, 0.5) is 17.8 Å². The van der Waals surface area contributed by atoms with Crippen molar-refractivity contribution in [3.8, 4) is 0 Å². The summed E-state index contributed by atoms with van der Waals surface area (Å²) in [5, 5.41) is 8.63. The van der Waals surface area contributed by atoms with Crippen molar-refractivity contribution in [2.45, 2.75) is 79.6 Å². The van der Waals surface area contributed by atoms with Gasteiger partial charge in [-0.1, -0.05) is 13.8 Å². The molecule has 0 saturated heterocycles. The number of rotatable bonds is 17. The normalized spacial score (nSPS) is 12.5. The molecule has 0 aliphatic rings. The largest absolute Gasteiger partial charge is 0.728 e. The van der Waals surface area contributed by atoms with E-state index in [0.717, 1.165) is 41.5 Å². The molecule has 0 spiro atoms. The molecule has 0 amide bonds. The van der Waals surface area contributed by atoms with E-state index in [1.807, 2.05) is 0 Å². The SMILES string of the molecule is CCC(Nc1nc(NCCN)nc(NC(CC)[Si](OC(C)=O)(OC(C)=O)OC(C)=O)n1)[Si](OC(C)=O)(OC(C)=O)OC(C)=O. The summed E-state index contributed by atoms with van der Waals surface area (Å²) in [7, 11) is -8.94. The van der Waals surface area contributed by atoms with Crippen LogP contribution < -0.4 is 21.7 Å². The van der Waals surface area contributed by atoms with E-state index in [1.54, 1.807) is 13.8 Å². The van der Waals surface area contributed by atoms with Crippen LogP contribution in [-0.2, 0) is 55.3 Å². The Balaban J connectivity index is 3.75. The van der Waals surface area contributed by atoms with Crippen LogP contribution in [-0.4, -0.2) is 92.8 Å². The third kappa shape index (κ3) is 11.7. The second-order valence-electron chi connectivity index (χ2n) is 9.00. The molecule has 0 fully saturated rings. The van der Waals surface area contributed by atoms with Gasteiger partial charge in [-0.25, -0.2) is 0 Å². The highest BCUT2D eigenvalue weighted by atomic mass is 28.4. The molecule has 246 valence electrons. The van der Waals surface area contributed by atoms with E-state index >= 15 is 0 Å². The minimum atomic E-state index is -4.47. The first-order valence-electron chi connectivity index (χ1n) is 13.4. The molecule has 0 saturated carbocycles. The van der Waals surface area contributed by atoms with Gasteiger partial charge in [0.25, 0.3) is 35.8 Å². The van der Waals surface area contributed by atoms with Gasteiger partial charge in [-0.2, -0.15) is 15.0 Å². The first-order chi connectivity index (χ1) is 20.5. The van der Waals surface area contributed by atoms with Crippen molar-refractivity contribution >= 4 is 71.3 Å². The van der Waals surface area contributed by atoms with Crippen LogP contribution in [0, 0.1) is 0 Å². The Morgan fingerprint density at radius 3 is 1.09 bits per heavy atom. The van der Waals surface area contributed by atoms with E-state index in [-0.39, 0.29) is 43.8 Å². The van der Waals surface area contributed by atoms with Crippen LogP contribution >= 0.6 is 0 Å². The average Bonchev–Trinajstić information content (AvgIpc) is 2.86. The molecule has 0 aliphatic carbocycles. The number of nitrogens with one attached hydrogen (secondary N) is 3. The van der Waals surface area contributed by atoms with E-state index < -0.39 is 64.8 Å². The van der Waals surface area contributed by atoms with Gasteiger partial charge < -0.3 is 48.2 Å². The first kappa shape index (κ1) is 37.6. The number of carbonyl (C=O) groups is 6. The predicted molar refractivity (Wildman–Crippen MR) is 155 cm³/mol. The topological polar surface area (TPSA) is 259 Å². The predicted octanol–water partition coefficient (Wildman–Crippen LogP) is -0.0420. The van der Waals surface area contributed by atoms with Crippen molar-refractivity contribution < 1.29 is 55.3 Å². The highest BCUT2D eigenvalue weighted by Crippen LogP contribution is 2.25. The molecule has 1 aromatic heterocycles. The Morgan fingerprint density at radius 2 is 0.864 bits per heavy atom. The molecule has 1 heterocycles. The number of nitrogens with two attached hydrogens (primary N) is 1. The summed E-state index contributed by atoms with van der Waals surface area (Å²) < 4.78 is 32.0. The fraction of sp³-hybridized carbons (Fsp3) is 0.609. The second kappa shape index (κ2) is 17.1. The highest BCUT2D eigenvalue weighted by Gasteiger charge is 2.61. The Labute approximate surface area is 256 Å². The van der Waals surface area contributed by atoms with Crippen LogP contribution in [0.1, 0.15) is 68.2 Å². The van der Waals surface area contributed by atoms with Gasteiger partial charge in [-0.05, 0) is 12.8 Å². The molecule has 1 aromatic rings. The molecule has 44 heavy (non-hydrogen) atoms. The summed E-state index contributed by atoms with van der Waals surface area (Å²) in [4.78, 5) is 85.0. The zero-order valence-corrected chi connectivity index (χ0v) is 27.8. The van der Waals surface area contributed by atoms with Gasteiger partial charge in [0.1, 0.15) is 11.3 Å². The molecule has 19 nitrogen and oxygen atoms in total. The third-order valence-corrected chi connectivity index (χ3v) is 11.3. The smallest absolute Gasteiger partial charge is 0.454 e. The summed E-state index contributed by atoms with van der Waals surface area (Å²) in [5.74, 6) is -5.68. The fourth-order valence-electron chi connectivity index (χ4n) is 3.71. The van der Waals surface area contributed by atoms with Gasteiger partial charge in [0.15, 0.2) is 0 Å². The summed E-state index contributed by atoms with van der Waals surface area (Å²) in [6.07, 6.45) is 0.165.